The molecule has 2 aromatic rings. The molecule has 0 unspecified atom stereocenters. The quantitative estimate of drug-likeness (QED) is 0.753. The van der Waals surface area contributed by atoms with Gasteiger partial charge in [-0.05, 0) is 26.2 Å². The Bertz CT molecular complexity index is 764. The minimum atomic E-state index is -0.541. The van der Waals surface area contributed by atoms with Crippen molar-refractivity contribution in [2.75, 3.05) is 41.5 Å². The van der Waals surface area contributed by atoms with Crippen LogP contribution >= 0.6 is 0 Å². The molecule has 0 saturated carbocycles. The monoisotopic (exact) mass is 334 g/mol. The van der Waals surface area contributed by atoms with Crippen molar-refractivity contribution >= 4 is 22.8 Å². The van der Waals surface area contributed by atoms with Crippen molar-refractivity contribution in [1.82, 2.24) is 9.47 Å². The number of carbonyl (C=O) groups is 2. The van der Waals surface area contributed by atoms with Crippen molar-refractivity contribution in [3.8, 4) is 11.5 Å². The summed E-state index contributed by atoms with van der Waals surface area (Å²) in [4.78, 5) is 26.3. The van der Waals surface area contributed by atoms with Crippen molar-refractivity contribution in [1.29, 1.82) is 0 Å². The minimum Gasteiger partial charge on any atom is -0.493 e. The van der Waals surface area contributed by atoms with E-state index in [9.17, 15) is 9.59 Å². The van der Waals surface area contributed by atoms with E-state index < -0.39 is 5.97 Å². The van der Waals surface area contributed by atoms with Crippen molar-refractivity contribution in [2.24, 2.45) is 0 Å². The summed E-state index contributed by atoms with van der Waals surface area (Å²) in [5.74, 6) is 0.189. The Morgan fingerprint density at radius 1 is 1.08 bits per heavy atom. The second-order valence-electron chi connectivity index (χ2n) is 5.59. The number of likely N-dealkylation sites (N-methyl/N-ethyl adjacent to an activating group) is 1. The number of fused-ring (bicyclic) bond motifs is 1. The standard InChI is InChI=1S/C17H22N2O5/c1-11(20)19-13-10-16(23-5)15(22-4)9-12(13)8-14(19)17(21)24-7-6-18(2)3/h8-10H,6-7H2,1-5H3. The van der Waals surface area contributed by atoms with E-state index in [1.54, 1.807) is 18.2 Å². The largest absolute Gasteiger partial charge is 0.493 e. The van der Waals surface area contributed by atoms with Crippen LogP contribution in [0.2, 0.25) is 0 Å². The van der Waals surface area contributed by atoms with Gasteiger partial charge in [0.2, 0.25) is 5.91 Å². The van der Waals surface area contributed by atoms with Gasteiger partial charge in [-0.25, -0.2) is 4.79 Å². The maximum Gasteiger partial charge on any atom is 0.355 e. The SMILES string of the molecule is COc1cc2cc(C(=O)OCCN(C)C)n(C(C)=O)c2cc1OC. The van der Waals surface area contributed by atoms with E-state index in [1.807, 2.05) is 19.0 Å². The first-order valence-electron chi connectivity index (χ1n) is 7.49. The summed E-state index contributed by atoms with van der Waals surface area (Å²) in [5.41, 5.74) is 0.756. The number of carbonyl (C=O) groups excluding carboxylic acids is 2. The molecule has 24 heavy (non-hydrogen) atoms. The zero-order valence-electron chi connectivity index (χ0n) is 14.6. The van der Waals surface area contributed by atoms with Gasteiger partial charge >= 0.3 is 5.97 Å². The highest BCUT2D eigenvalue weighted by Crippen LogP contribution is 2.34. The molecular formula is C17H22N2O5. The normalized spacial score (nSPS) is 10.9. The zero-order valence-corrected chi connectivity index (χ0v) is 14.6. The van der Waals surface area contributed by atoms with Gasteiger partial charge in [-0.2, -0.15) is 0 Å². The van der Waals surface area contributed by atoms with Gasteiger partial charge in [0, 0.05) is 24.9 Å². The Morgan fingerprint density at radius 2 is 1.71 bits per heavy atom. The molecule has 7 nitrogen and oxygen atoms in total. The Kier molecular flexibility index (Phi) is 5.46. The highest BCUT2D eigenvalue weighted by molar-refractivity contribution is 6.03. The van der Waals surface area contributed by atoms with E-state index in [0.29, 0.717) is 28.9 Å². The van der Waals surface area contributed by atoms with Crippen LogP contribution in [0.25, 0.3) is 10.9 Å². The van der Waals surface area contributed by atoms with Crippen LogP contribution in [-0.2, 0) is 4.74 Å². The molecule has 0 fully saturated rings. The fourth-order valence-electron chi connectivity index (χ4n) is 2.42. The molecule has 1 aromatic carbocycles. The molecule has 7 heteroatoms. The molecule has 0 amide bonds. The van der Waals surface area contributed by atoms with Crippen LogP contribution in [0.3, 0.4) is 0 Å². The fourth-order valence-corrected chi connectivity index (χ4v) is 2.42. The van der Waals surface area contributed by atoms with Crippen LogP contribution in [0.15, 0.2) is 18.2 Å². The second-order valence-corrected chi connectivity index (χ2v) is 5.59. The van der Waals surface area contributed by atoms with Crippen LogP contribution in [0.1, 0.15) is 22.2 Å². The fraction of sp³-hybridized carbons (Fsp3) is 0.412. The minimum absolute atomic E-state index is 0.187. The third-order valence-corrected chi connectivity index (χ3v) is 3.60. The number of ether oxygens (including phenoxy) is 3. The van der Waals surface area contributed by atoms with Crippen LogP contribution in [0, 0.1) is 0 Å². The van der Waals surface area contributed by atoms with Gasteiger partial charge in [-0.3, -0.25) is 9.36 Å². The summed E-state index contributed by atoms with van der Waals surface area (Å²) in [6.45, 7) is 2.25. The first-order valence-corrected chi connectivity index (χ1v) is 7.49. The lowest BCUT2D eigenvalue weighted by Gasteiger charge is -2.11. The highest BCUT2D eigenvalue weighted by atomic mass is 16.5. The first kappa shape index (κ1) is 17.8. The molecule has 0 spiro atoms. The highest BCUT2D eigenvalue weighted by Gasteiger charge is 2.21. The van der Waals surface area contributed by atoms with Crippen molar-refractivity contribution in [3.05, 3.63) is 23.9 Å². The number of nitrogens with zero attached hydrogens (tertiary/aromatic N) is 2. The van der Waals surface area contributed by atoms with Crippen LogP contribution < -0.4 is 9.47 Å². The lowest BCUT2D eigenvalue weighted by atomic mass is 10.2. The molecule has 0 aliphatic carbocycles. The number of hydrogen-bond acceptors (Lipinski definition) is 6. The lowest BCUT2D eigenvalue weighted by molar-refractivity contribution is 0.0466. The van der Waals surface area contributed by atoms with E-state index in [0.717, 1.165) is 0 Å². The Hall–Kier alpha value is -2.54. The average molecular weight is 334 g/mol. The van der Waals surface area contributed by atoms with Crippen molar-refractivity contribution in [3.63, 3.8) is 0 Å². The smallest absolute Gasteiger partial charge is 0.355 e. The lowest BCUT2D eigenvalue weighted by Crippen LogP contribution is -2.22. The van der Waals surface area contributed by atoms with E-state index in [-0.39, 0.29) is 18.2 Å². The summed E-state index contributed by atoms with van der Waals surface area (Å²) >= 11 is 0. The molecule has 0 atom stereocenters. The molecule has 1 aromatic heterocycles. The summed E-state index contributed by atoms with van der Waals surface area (Å²) in [7, 11) is 6.82. The Morgan fingerprint density at radius 3 is 2.25 bits per heavy atom. The summed E-state index contributed by atoms with van der Waals surface area (Å²) in [6.07, 6.45) is 0. The summed E-state index contributed by atoms with van der Waals surface area (Å²) < 4.78 is 17.1. The van der Waals surface area contributed by atoms with E-state index in [2.05, 4.69) is 0 Å². The van der Waals surface area contributed by atoms with Crippen LogP contribution in [-0.4, -0.2) is 62.8 Å². The van der Waals surface area contributed by atoms with Gasteiger partial charge in [-0.15, -0.1) is 0 Å². The van der Waals surface area contributed by atoms with Crippen LogP contribution in [0.4, 0.5) is 0 Å². The second kappa shape index (κ2) is 7.35. The third-order valence-electron chi connectivity index (χ3n) is 3.60. The number of benzene rings is 1. The maximum atomic E-state index is 12.4. The van der Waals surface area contributed by atoms with Gasteiger partial charge in [0.15, 0.2) is 11.5 Å². The van der Waals surface area contributed by atoms with E-state index in [1.165, 1.54) is 25.7 Å². The number of hydrogen-bond donors (Lipinski definition) is 0. The van der Waals surface area contributed by atoms with E-state index >= 15 is 0 Å². The molecule has 0 N–H and O–H groups in total. The number of esters is 1. The van der Waals surface area contributed by atoms with Gasteiger partial charge in [0.05, 0.1) is 19.7 Å². The molecule has 1 heterocycles. The molecule has 0 bridgehead atoms. The topological polar surface area (TPSA) is 70.0 Å². The zero-order chi connectivity index (χ0) is 17.9. The van der Waals surface area contributed by atoms with Crippen LogP contribution in [0.5, 0.6) is 11.5 Å². The first-order chi connectivity index (χ1) is 11.4. The predicted molar refractivity (Wildman–Crippen MR) is 90.2 cm³/mol. The predicted octanol–water partition coefficient (Wildman–Crippen LogP) is 2.04. The third kappa shape index (κ3) is 3.51. The van der Waals surface area contributed by atoms with Gasteiger partial charge < -0.3 is 19.1 Å². The Labute approximate surface area is 140 Å². The van der Waals surface area contributed by atoms with E-state index in [4.69, 9.17) is 14.2 Å². The molecule has 130 valence electrons. The average Bonchev–Trinajstić information content (AvgIpc) is 2.91. The number of methoxy groups -OCH3 is 2. The molecule has 0 saturated heterocycles. The number of rotatable bonds is 6. The number of aromatic nitrogens is 1. The maximum absolute atomic E-state index is 12.4. The van der Waals surface area contributed by atoms with Gasteiger partial charge in [0.25, 0.3) is 0 Å². The Balaban J connectivity index is 2.47. The van der Waals surface area contributed by atoms with Gasteiger partial charge in [-0.1, -0.05) is 0 Å². The molecular weight excluding hydrogens is 312 g/mol. The molecule has 2 rings (SSSR count). The van der Waals surface area contributed by atoms with Crippen molar-refractivity contribution < 1.29 is 23.8 Å². The molecule has 0 radical (unpaired) electrons. The molecule has 0 aliphatic rings. The van der Waals surface area contributed by atoms with Crippen molar-refractivity contribution in [2.45, 2.75) is 6.92 Å². The summed E-state index contributed by atoms with van der Waals surface area (Å²) in [5, 5.41) is 0.697. The van der Waals surface area contributed by atoms with Gasteiger partial charge in [0.1, 0.15) is 12.3 Å². The molecule has 0 aliphatic heterocycles. The summed E-state index contributed by atoms with van der Waals surface area (Å²) in [6, 6.07) is 5.02.